The Bertz CT molecular complexity index is 231. The molecule has 0 radical (unpaired) electrons. The number of carbonyl (C=O) groups is 2. The third kappa shape index (κ3) is 7.19. The van der Waals surface area contributed by atoms with Gasteiger partial charge in [0.15, 0.2) is 0 Å². The lowest BCUT2D eigenvalue weighted by atomic mass is 10.3. The second-order valence-electron chi connectivity index (χ2n) is 3.91. The van der Waals surface area contributed by atoms with Crippen molar-refractivity contribution in [2.75, 3.05) is 33.2 Å². The number of rotatable bonds is 7. The third-order valence-corrected chi connectivity index (χ3v) is 2.30. The summed E-state index contributed by atoms with van der Waals surface area (Å²) in [4.78, 5) is 24.1. The average Bonchev–Trinajstić information content (AvgIpc) is 2.25. The van der Waals surface area contributed by atoms with Gasteiger partial charge < -0.3 is 21.3 Å². The fourth-order valence-electron chi connectivity index (χ4n) is 0.943. The van der Waals surface area contributed by atoms with Crippen LogP contribution in [-0.4, -0.2) is 56.0 Å². The summed E-state index contributed by atoms with van der Waals surface area (Å²) in [5.41, 5.74) is 5.08. The Morgan fingerprint density at radius 3 is 2.38 bits per heavy atom. The number of amides is 2. The molecule has 0 aliphatic carbocycles. The van der Waals surface area contributed by atoms with Crippen LogP contribution in [-0.2, 0) is 9.59 Å². The highest BCUT2D eigenvalue weighted by Crippen LogP contribution is 1.90. The molecule has 2 amide bonds. The van der Waals surface area contributed by atoms with Crippen LogP contribution in [0, 0.1) is 0 Å². The SMILES string of the molecule is CC(C)N(C)CCNC(=O)CNC(=O)CN. The number of nitrogens with one attached hydrogen (secondary N) is 2. The van der Waals surface area contributed by atoms with Crippen molar-refractivity contribution < 1.29 is 9.59 Å². The first-order chi connectivity index (χ1) is 7.47. The van der Waals surface area contributed by atoms with Crippen LogP contribution in [0.15, 0.2) is 0 Å². The fraction of sp³-hybridized carbons (Fsp3) is 0.800. The minimum absolute atomic E-state index is 0.0125. The predicted molar refractivity (Wildman–Crippen MR) is 62.8 cm³/mol. The smallest absolute Gasteiger partial charge is 0.239 e. The summed E-state index contributed by atoms with van der Waals surface area (Å²) in [5, 5.41) is 5.12. The van der Waals surface area contributed by atoms with Crippen LogP contribution in [0.5, 0.6) is 0 Å². The van der Waals surface area contributed by atoms with Crippen molar-refractivity contribution in [2.45, 2.75) is 19.9 Å². The molecule has 94 valence electrons. The zero-order valence-electron chi connectivity index (χ0n) is 10.2. The minimum atomic E-state index is -0.325. The van der Waals surface area contributed by atoms with E-state index in [2.05, 4.69) is 29.4 Å². The monoisotopic (exact) mass is 230 g/mol. The molecule has 4 N–H and O–H groups in total. The van der Waals surface area contributed by atoms with E-state index in [-0.39, 0.29) is 24.9 Å². The first-order valence-electron chi connectivity index (χ1n) is 5.41. The molecule has 0 aliphatic rings. The molecule has 6 heteroatoms. The number of nitrogens with zero attached hydrogens (tertiary/aromatic N) is 1. The molecule has 0 heterocycles. The van der Waals surface area contributed by atoms with Gasteiger partial charge in [-0.05, 0) is 20.9 Å². The second-order valence-corrected chi connectivity index (χ2v) is 3.91. The molecule has 0 fully saturated rings. The molecule has 0 aromatic carbocycles. The zero-order valence-corrected chi connectivity index (χ0v) is 10.2. The van der Waals surface area contributed by atoms with E-state index in [0.717, 1.165) is 6.54 Å². The van der Waals surface area contributed by atoms with E-state index in [0.29, 0.717) is 12.6 Å². The molecule has 0 saturated heterocycles. The van der Waals surface area contributed by atoms with E-state index in [4.69, 9.17) is 5.73 Å². The van der Waals surface area contributed by atoms with Gasteiger partial charge in [0.25, 0.3) is 0 Å². The zero-order chi connectivity index (χ0) is 12.6. The summed E-state index contributed by atoms with van der Waals surface area (Å²) in [6.07, 6.45) is 0. The van der Waals surface area contributed by atoms with Crippen LogP contribution < -0.4 is 16.4 Å². The Kier molecular flexibility index (Phi) is 7.49. The highest BCUT2D eigenvalue weighted by molar-refractivity contribution is 5.85. The lowest BCUT2D eigenvalue weighted by molar-refractivity contribution is -0.125. The van der Waals surface area contributed by atoms with Gasteiger partial charge in [0.1, 0.15) is 0 Å². The summed E-state index contributed by atoms with van der Waals surface area (Å²) in [6, 6.07) is 0.453. The third-order valence-electron chi connectivity index (χ3n) is 2.30. The lowest BCUT2D eigenvalue weighted by Crippen LogP contribution is -2.42. The van der Waals surface area contributed by atoms with Crippen molar-refractivity contribution in [1.82, 2.24) is 15.5 Å². The van der Waals surface area contributed by atoms with Crippen molar-refractivity contribution in [2.24, 2.45) is 5.73 Å². The average molecular weight is 230 g/mol. The molecule has 0 spiro atoms. The second kappa shape index (κ2) is 8.06. The quantitative estimate of drug-likeness (QED) is 0.497. The van der Waals surface area contributed by atoms with Crippen LogP contribution >= 0.6 is 0 Å². The van der Waals surface area contributed by atoms with Crippen molar-refractivity contribution in [1.29, 1.82) is 0 Å². The van der Waals surface area contributed by atoms with Crippen LogP contribution in [0.4, 0.5) is 0 Å². The highest BCUT2D eigenvalue weighted by Gasteiger charge is 2.05. The van der Waals surface area contributed by atoms with Gasteiger partial charge in [0.05, 0.1) is 13.1 Å². The van der Waals surface area contributed by atoms with Crippen LogP contribution in [0.25, 0.3) is 0 Å². The molecule has 16 heavy (non-hydrogen) atoms. The molecule has 0 aromatic heterocycles. The summed E-state index contributed by atoms with van der Waals surface area (Å²) >= 11 is 0. The van der Waals surface area contributed by atoms with E-state index in [1.165, 1.54) is 0 Å². The van der Waals surface area contributed by atoms with E-state index in [1.807, 2.05) is 7.05 Å². The van der Waals surface area contributed by atoms with Gasteiger partial charge in [-0.25, -0.2) is 0 Å². The molecular weight excluding hydrogens is 208 g/mol. The maximum absolute atomic E-state index is 11.2. The highest BCUT2D eigenvalue weighted by atomic mass is 16.2. The number of carbonyl (C=O) groups excluding carboxylic acids is 2. The van der Waals surface area contributed by atoms with Crippen LogP contribution in [0.2, 0.25) is 0 Å². The number of hydrogen-bond donors (Lipinski definition) is 3. The standard InChI is InChI=1S/C10H22N4O2/c1-8(2)14(3)5-4-12-10(16)7-13-9(15)6-11/h8H,4-7,11H2,1-3H3,(H,12,16)(H,13,15). The molecular formula is C10H22N4O2. The van der Waals surface area contributed by atoms with E-state index >= 15 is 0 Å². The predicted octanol–water partition coefficient (Wildman–Crippen LogP) is -1.48. The Morgan fingerprint density at radius 2 is 1.88 bits per heavy atom. The summed E-state index contributed by atoms with van der Waals surface area (Å²) in [6.45, 7) is 5.43. The first kappa shape index (κ1) is 14.9. The van der Waals surface area contributed by atoms with Gasteiger partial charge in [0.2, 0.25) is 11.8 Å². The first-order valence-corrected chi connectivity index (χ1v) is 5.41. The van der Waals surface area contributed by atoms with Gasteiger partial charge in [-0.1, -0.05) is 0 Å². The fourth-order valence-corrected chi connectivity index (χ4v) is 0.943. The Hall–Kier alpha value is -1.14. The van der Waals surface area contributed by atoms with Crippen molar-refractivity contribution in [3.05, 3.63) is 0 Å². The topological polar surface area (TPSA) is 87.5 Å². The summed E-state index contributed by atoms with van der Waals surface area (Å²) in [5.74, 6) is -0.520. The van der Waals surface area contributed by atoms with Crippen LogP contribution in [0.1, 0.15) is 13.8 Å². The normalized spacial score (nSPS) is 10.6. The van der Waals surface area contributed by atoms with Gasteiger partial charge in [-0.15, -0.1) is 0 Å². The van der Waals surface area contributed by atoms with Gasteiger partial charge in [-0.3, -0.25) is 9.59 Å². The molecule has 0 aromatic rings. The number of likely N-dealkylation sites (N-methyl/N-ethyl adjacent to an activating group) is 1. The van der Waals surface area contributed by atoms with E-state index < -0.39 is 0 Å². The maximum atomic E-state index is 11.2. The maximum Gasteiger partial charge on any atom is 0.239 e. The molecule has 0 aliphatic heterocycles. The largest absolute Gasteiger partial charge is 0.353 e. The Labute approximate surface area is 96.5 Å². The van der Waals surface area contributed by atoms with Gasteiger partial charge in [0, 0.05) is 19.1 Å². The molecule has 0 bridgehead atoms. The van der Waals surface area contributed by atoms with Crippen molar-refractivity contribution in [3.63, 3.8) is 0 Å². The van der Waals surface area contributed by atoms with Crippen LogP contribution in [0.3, 0.4) is 0 Å². The Morgan fingerprint density at radius 1 is 1.25 bits per heavy atom. The van der Waals surface area contributed by atoms with E-state index in [1.54, 1.807) is 0 Å². The van der Waals surface area contributed by atoms with Gasteiger partial charge in [-0.2, -0.15) is 0 Å². The molecule has 0 atom stereocenters. The molecule has 6 nitrogen and oxygen atoms in total. The van der Waals surface area contributed by atoms with Gasteiger partial charge >= 0.3 is 0 Å². The molecule has 0 rings (SSSR count). The van der Waals surface area contributed by atoms with Crippen molar-refractivity contribution >= 4 is 11.8 Å². The van der Waals surface area contributed by atoms with Crippen molar-refractivity contribution in [3.8, 4) is 0 Å². The molecule has 0 unspecified atom stereocenters. The minimum Gasteiger partial charge on any atom is -0.353 e. The summed E-state index contributed by atoms with van der Waals surface area (Å²) < 4.78 is 0. The lowest BCUT2D eigenvalue weighted by Gasteiger charge is -2.20. The number of hydrogen-bond acceptors (Lipinski definition) is 4. The Balaban J connectivity index is 3.55. The summed E-state index contributed by atoms with van der Waals surface area (Å²) in [7, 11) is 1.99. The number of nitrogens with two attached hydrogens (primary N) is 1. The van der Waals surface area contributed by atoms with E-state index in [9.17, 15) is 9.59 Å². The molecule has 0 saturated carbocycles.